The molecule has 3 heterocycles. The number of aliphatic hydroxyl groups excluding tert-OH is 1. The highest BCUT2D eigenvalue weighted by Crippen LogP contribution is 2.28. The highest BCUT2D eigenvalue weighted by Gasteiger charge is 2.43. The van der Waals surface area contributed by atoms with E-state index in [2.05, 4.69) is 95.0 Å². The predicted octanol–water partition coefficient (Wildman–Crippen LogP) is -7.45. The van der Waals surface area contributed by atoms with Crippen LogP contribution in [0.1, 0.15) is 94.9 Å². The third-order valence-corrected chi connectivity index (χ3v) is 23.9. The van der Waals surface area contributed by atoms with Gasteiger partial charge in [-0.1, -0.05) is 84.3 Å². The Labute approximate surface area is 749 Å². The number of guanidine groups is 3. The van der Waals surface area contributed by atoms with E-state index in [-0.39, 0.29) is 132 Å². The molecule has 50 heteroatoms. The van der Waals surface area contributed by atoms with Gasteiger partial charge in [0.15, 0.2) is 17.9 Å². The first-order valence-electron chi connectivity index (χ1n) is 40.8. The first-order valence-corrected chi connectivity index (χ1v) is 46.0. The molecule has 1 aromatic heterocycles. The van der Waals surface area contributed by atoms with Crippen LogP contribution in [0.5, 0.6) is 5.75 Å². The van der Waals surface area contributed by atoms with Crippen molar-refractivity contribution in [2.45, 2.75) is 176 Å². The molecule has 2 aromatic carbocycles. The molecule has 700 valence electrons. The lowest BCUT2D eigenvalue weighted by atomic mass is 9.97. The number of aliphatic carboxylic acids is 1. The molecule has 5 rings (SSSR count). The third-order valence-electron chi connectivity index (χ3n) is 20.2. The number of aromatic amines is 1. The summed E-state index contributed by atoms with van der Waals surface area (Å²) in [6, 6.07) is -7.44. The van der Waals surface area contributed by atoms with Gasteiger partial charge in [-0.25, -0.2) is 4.98 Å². The summed E-state index contributed by atoms with van der Waals surface area (Å²) in [5.41, 5.74) is 29.7. The number of amides is 15. The van der Waals surface area contributed by atoms with Crippen LogP contribution in [-0.4, -0.2) is 303 Å². The van der Waals surface area contributed by atoms with Gasteiger partial charge in [0.1, 0.15) is 78.3 Å². The molecular formula is C77H119N27O19S4. The molecule has 2 fully saturated rings. The van der Waals surface area contributed by atoms with Crippen LogP contribution in [-0.2, 0) is 96.0 Å². The molecule has 2 saturated heterocycles. The molecule has 0 saturated carbocycles. The van der Waals surface area contributed by atoms with E-state index in [1.54, 1.807) is 49.8 Å². The predicted molar refractivity (Wildman–Crippen MR) is 475 cm³/mol. The van der Waals surface area contributed by atoms with Crippen LogP contribution < -0.4 is 114 Å². The molecule has 2 aliphatic rings. The van der Waals surface area contributed by atoms with Crippen molar-refractivity contribution in [2.75, 3.05) is 81.4 Å². The molecule has 0 spiro atoms. The average molecular weight is 1860 g/mol. The Morgan fingerprint density at radius 2 is 1.19 bits per heavy atom. The van der Waals surface area contributed by atoms with Crippen molar-refractivity contribution < 1.29 is 92.0 Å². The SMILES string of the molecule is CC[C@H](C)[C@H]1NC(=O)[C@H](CCCNC(=N)N)NC(=O)[C@H](CC(=O)O)NC(=O)[C@H](CCSC)NC(=O)[C@@H]2C[C@@H](CCNC(=N)N)CN2C(=O)CNC(=O)CNC(=O)[C@H](Cc2ccccc2)NC(=O)[C@H](Cc2c[nH]cn2)NC(=O)[C@@H](NC(=O)[C@@H](N)CCSC)CSSC[C@@H](C(=O)N[C@@H](Cc2ccc(O)cc2)C(=O)N[C@@H](CCCNC(=N)N)C(N)=O)NC(=O)[C@H](CO)NC1=O. The minimum atomic E-state index is -2.01. The number of rotatable bonds is 35. The zero-order valence-electron chi connectivity index (χ0n) is 70.8. The lowest BCUT2D eigenvalue weighted by Gasteiger charge is -2.29. The molecule has 0 unspecified atom stereocenters. The summed E-state index contributed by atoms with van der Waals surface area (Å²) in [6.45, 7) is 0.349. The maximum Gasteiger partial charge on any atom is 0.305 e. The fourth-order valence-electron chi connectivity index (χ4n) is 13.0. The second-order valence-corrected chi connectivity index (χ2v) is 34.5. The number of nitrogens with two attached hydrogens (primary N) is 5. The first kappa shape index (κ1) is 106. The normalized spacial score (nSPS) is 22.6. The lowest BCUT2D eigenvalue weighted by molar-refractivity contribution is -0.142. The molecule has 0 bridgehead atoms. The maximum absolute atomic E-state index is 15.2. The van der Waals surface area contributed by atoms with Crippen molar-refractivity contribution in [3.8, 4) is 5.75 Å². The number of aromatic nitrogens is 2. The van der Waals surface area contributed by atoms with Crippen molar-refractivity contribution in [1.29, 1.82) is 16.2 Å². The number of phenols is 1. The minimum Gasteiger partial charge on any atom is -0.508 e. The Morgan fingerprint density at radius 1 is 0.606 bits per heavy atom. The van der Waals surface area contributed by atoms with Crippen LogP contribution in [0.2, 0.25) is 0 Å². The summed E-state index contributed by atoms with van der Waals surface area (Å²) in [5, 5.41) is 95.1. The van der Waals surface area contributed by atoms with Gasteiger partial charge in [-0.05, 0) is 110 Å². The van der Waals surface area contributed by atoms with E-state index in [0.29, 0.717) is 16.9 Å². The molecule has 33 N–H and O–H groups in total. The largest absolute Gasteiger partial charge is 0.508 e. The van der Waals surface area contributed by atoms with Gasteiger partial charge in [-0.15, -0.1) is 0 Å². The zero-order valence-corrected chi connectivity index (χ0v) is 74.0. The number of aliphatic hydroxyl groups is 1. The molecule has 3 aromatic rings. The summed E-state index contributed by atoms with van der Waals surface area (Å²) >= 11 is 2.61. The third kappa shape index (κ3) is 38.1. The number of carboxylic acid groups (broad SMARTS) is 1. The van der Waals surface area contributed by atoms with Crippen LogP contribution in [0.4, 0.5) is 0 Å². The van der Waals surface area contributed by atoms with E-state index in [1.165, 1.54) is 67.2 Å². The number of H-pyrrole nitrogens is 1. The average Bonchev–Trinajstić information content (AvgIpc) is 1.61. The monoisotopic (exact) mass is 1850 g/mol. The van der Waals surface area contributed by atoms with Crippen LogP contribution in [0.25, 0.3) is 0 Å². The quantitative estimate of drug-likeness (QED) is 0.0113. The number of benzene rings is 2. The number of phenolic OH excluding ortho intramolecular Hbond substituents is 1. The van der Waals surface area contributed by atoms with Gasteiger partial charge in [0.05, 0.1) is 44.2 Å². The minimum absolute atomic E-state index is 0.0421. The van der Waals surface area contributed by atoms with Crippen molar-refractivity contribution in [3.63, 3.8) is 0 Å². The fourth-order valence-corrected chi connectivity index (χ4v) is 16.3. The van der Waals surface area contributed by atoms with Crippen molar-refractivity contribution in [2.24, 2.45) is 40.5 Å². The standard InChI is InChI=1S/C77H119N27O19S4/c1-5-40(2)61-74(123)100-54(36-105)70(119)102-56(72(121)97-51(28-42-15-17-45(106)18-16-42)67(116)93-47(62(79)111)13-9-22-87-75(80)81)38-127-126-37-55(101-63(112)46(78)20-25-124-3)71(120)98-52(30-44-32-86-39-92-44)68(117)96-50(27-41-11-7-6-8-12-41)64(113)91-33-58(107)90-34-59(108)104-35-43(19-24-89-77(84)85)29-57(104)73(122)95-49(21-26-125-4)65(114)99-53(31-60(109)110)69(118)94-48(66(115)103-61)14-10-23-88-76(82)83/h6-8,11-12,15-18,32,39-40,43,46-57,61,105-106H,5,9-10,13-14,19-31,33-38,78H2,1-4H3,(H2,79,111)(H,86,92)(H,90,107)(H,91,113)(H,93,116)(H,94,118)(H,95,122)(H,96,117)(H,97,121)(H,98,120)(H,99,114)(H,100,123)(H,101,112)(H,102,119)(H,103,115)(H,109,110)(H4,80,81,87)(H4,82,83,88)(H4,84,85,89)/t40-,43+,46-,47-,48-,49-,50-,51-,52-,53-,54-,55-,56-,57-,61+/m0/s1. The van der Waals surface area contributed by atoms with E-state index in [9.17, 15) is 82.4 Å². The van der Waals surface area contributed by atoms with Gasteiger partial charge >= 0.3 is 5.97 Å². The van der Waals surface area contributed by atoms with Gasteiger partial charge in [0.2, 0.25) is 88.6 Å². The number of aromatic hydroxyl groups is 1. The van der Waals surface area contributed by atoms with Crippen molar-refractivity contribution in [1.82, 2.24) is 99.9 Å². The molecule has 46 nitrogen and oxygen atoms in total. The van der Waals surface area contributed by atoms with E-state index in [0.717, 1.165) is 26.5 Å². The van der Waals surface area contributed by atoms with E-state index in [4.69, 9.17) is 44.9 Å². The van der Waals surface area contributed by atoms with E-state index < -0.39 is 229 Å². The number of thioether (sulfide) groups is 2. The van der Waals surface area contributed by atoms with Gasteiger partial charge in [0.25, 0.3) is 0 Å². The number of carbonyl (C=O) groups is 16. The molecule has 0 radical (unpaired) electrons. The number of nitrogens with zero attached hydrogens (tertiary/aromatic N) is 2. The number of imidazole rings is 1. The molecule has 127 heavy (non-hydrogen) atoms. The Morgan fingerprint density at radius 3 is 1.82 bits per heavy atom. The smallest absolute Gasteiger partial charge is 0.305 e. The van der Waals surface area contributed by atoms with Gasteiger partial charge in [-0.2, -0.15) is 23.5 Å². The van der Waals surface area contributed by atoms with Gasteiger partial charge in [0, 0.05) is 63.1 Å². The summed E-state index contributed by atoms with van der Waals surface area (Å²) < 4.78 is 0. The van der Waals surface area contributed by atoms with Crippen LogP contribution in [0.15, 0.2) is 67.1 Å². The molecular weight excluding hydrogens is 1740 g/mol. The second-order valence-electron chi connectivity index (χ2n) is 30.0. The maximum atomic E-state index is 15.2. The molecule has 0 aliphatic carbocycles. The summed E-state index contributed by atoms with van der Waals surface area (Å²) in [7, 11) is 1.60. The van der Waals surface area contributed by atoms with Crippen LogP contribution >= 0.6 is 45.1 Å². The number of nitrogens with one attached hydrogen (secondary N) is 20. The molecule has 2 aliphatic heterocycles. The Balaban J connectivity index is 1.67. The zero-order chi connectivity index (χ0) is 93.8. The van der Waals surface area contributed by atoms with Crippen molar-refractivity contribution >= 4 is 158 Å². The first-order chi connectivity index (χ1) is 60.4. The Kier molecular flexibility index (Phi) is 46.2. The fraction of sp³-hybridized carbons (Fsp3) is 0.558. The highest BCUT2D eigenvalue weighted by atomic mass is 33.1. The highest BCUT2D eigenvalue weighted by molar-refractivity contribution is 8.76. The lowest BCUT2D eigenvalue weighted by Crippen LogP contribution is -2.62. The topological polar surface area (TPSA) is 760 Å². The van der Waals surface area contributed by atoms with Crippen molar-refractivity contribution in [3.05, 3.63) is 83.9 Å². The van der Waals surface area contributed by atoms with E-state index in [1.807, 2.05) is 0 Å². The number of primary amides is 1. The number of hydrogen-bond donors (Lipinski definition) is 28. The van der Waals surface area contributed by atoms with Crippen LogP contribution in [0, 0.1) is 28.1 Å². The second kappa shape index (κ2) is 55.5. The van der Waals surface area contributed by atoms with E-state index >= 15 is 9.59 Å². The summed E-state index contributed by atoms with van der Waals surface area (Å²) in [5.74, 6) is -20.2. The van der Waals surface area contributed by atoms with Gasteiger partial charge in [-0.3, -0.25) is 92.9 Å². The van der Waals surface area contributed by atoms with Crippen LogP contribution in [0.3, 0.4) is 0 Å². The Bertz CT molecular complexity index is 4250. The number of carbonyl (C=O) groups excluding carboxylic acids is 15. The number of fused-ring (bicyclic) bond motifs is 1. The Hall–Kier alpha value is -11.9. The molecule has 15 atom stereocenters. The summed E-state index contributed by atoms with van der Waals surface area (Å²) in [6.07, 6.45) is 4.01. The number of carboxylic acids is 1. The molecule has 15 amide bonds. The number of hydrogen-bond acceptors (Lipinski definition) is 27. The summed E-state index contributed by atoms with van der Waals surface area (Å²) in [4.78, 5) is 238. The van der Waals surface area contributed by atoms with Gasteiger partial charge < -0.3 is 139 Å².